The van der Waals surface area contributed by atoms with Crippen molar-refractivity contribution in [3.63, 3.8) is 0 Å². The van der Waals surface area contributed by atoms with E-state index in [1.54, 1.807) is 0 Å². The molecule has 2 heteroatoms. The standard InChI is InChI=1S/C7H10Br2/c1-6(2)5-7(9)3-4-8/h3,5H,4H2,1-2H3/b7-3-. The normalized spacial score (nSPS) is 11.3. The topological polar surface area (TPSA) is 0 Å². The lowest BCUT2D eigenvalue weighted by Gasteiger charge is -1.88. The predicted octanol–water partition coefficient (Wildman–Crippen LogP) is 3.63. The van der Waals surface area contributed by atoms with Gasteiger partial charge in [-0.05, 0) is 19.9 Å². The van der Waals surface area contributed by atoms with Gasteiger partial charge in [0.25, 0.3) is 0 Å². The van der Waals surface area contributed by atoms with Crippen molar-refractivity contribution in [3.8, 4) is 0 Å². The van der Waals surface area contributed by atoms with E-state index >= 15 is 0 Å². The minimum Gasteiger partial charge on any atom is -0.0882 e. The highest BCUT2D eigenvalue weighted by Gasteiger charge is 1.82. The first kappa shape index (κ1) is 9.44. The fourth-order valence-electron chi connectivity index (χ4n) is 0.408. The fourth-order valence-corrected chi connectivity index (χ4v) is 1.81. The molecule has 0 rings (SSSR count). The van der Waals surface area contributed by atoms with Crippen molar-refractivity contribution in [2.75, 3.05) is 5.33 Å². The van der Waals surface area contributed by atoms with Crippen LogP contribution in [0.3, 0.4) is 0 Å². The third-order valence-corrected chi connectivity index (χ3v) is 1.58. The number of rotatable bonds is 2. The van der Waals surface area contributed by atoms with Crippen molar-refractivity contribution >= 4 is 31.9 Å². The minimum absolute atomic E-state index is 0.900. The monoisotopic (exact) mass is 252 g/mol. The second-order valence-corrected chi connectivity index (χ2v) is 3.53. The Bertz CT molecular complexity index is 130. The van der Waals surface area contributed by atoms with E-state index in [0.29, 0.717) is 0 Å². The molecule has 0 spiro atoms. The molecule has 0 aromatic rings. The summed E-state index contributed by atoms with van der Waals surface area (Å²) in [6.07, 6.45) is 4.15. The Hall–Kier alpha value is 0.440. The van der Waals surface area contributed by atoms with Crippen molar-refractivity contribution in [3.05, 3.63) is 22.2 Å². The van der Waals surface area contributed by atoms with Gasteiger partial charge in [-0.2, -0.15) is 0 Å². The molecule has 0 radical (unpaired) electrons. The van der Waals surface area contributed by atoms with Crippen LogP contribution in [0.4, 0.5) is 0 Å². The van der Waals surface area contributed by atoms with E-state index < -0.39 is 0 Å². The summed E-state index contributed by atoms with van der Waals surface area (Å²) >= 11 is 6.70. The summed E-state index contributed by atoms with van der Waals surface area (Å²) in [5, 5.41) is 0.900. The molecule has 0 aliphatic heterocycles. The van der Waals surface area contributed by atoms with Crippen molar-refractivity contribution < 1.29 is 0 Å². The van der Waals surface area contributed by atoms with Crippen molar-refractivity contribution in [2.45, 2.75) is 13.8 Å². The van der Waals surface area contributed by atoms with Gasteiger partial charge in [-0.1, -0.05) is 43.5 Å². The number of hydrogen-bond acceptors (Lipinski definition) is 0. The average Bonchev–Trinajstić information content (AvgIpc) is 1.63. The Labute approximate surface area is 73.3 Å². The maximum absolute atomic E-state index is 3.39. The van der Waals surface area contributed by atoms with E-state index in [9.17, 15) is 0 Å². The SMILES string of the molecule is CC(C)=C/C(Br)=C/CBr. The third kappa shape index (κ3) is 6.32. The van der Waals surface area contributed by atoms with Crippen LogP contribution in [0.15, 0.2) is 22.2 Å². The lowest BCUT2D eigenvalue weighted by atomic mass is 10.3. The van der Waals surface area contributed by atoms with Gasteiger partial charge in [0.2, 0.25) is 0 Å². The molecular weight excluding hydrogens is 244 g/mol. The summed E-state index contributed by atoms with van der Waals surface area (Å²) in [5.41, 5.74) is 1.30. The van der Waals surface area contributed by atoms with Crippen LogP contribution in [0.25, 0.3) is 0 Å². The van der Waals surface area contributed by atoms with Gasteiger partial charge in [-0.15, -0.1) is 0 Å². The predicted molar refractivity (Wildman–Crippen MR) is 50.2 cm³/mol. The van der Waals surface area contributed by atoms with E-state index in [-0.39, 0.29) is 0 Å². The van der Waals surface area contributed by atoms with Gasteiger partial charge in [0, 0.05) is 9.81 Å². The highest BCUT2D eigenvalue weighted by Crippen LogP contribution is 2.09. The van der Waals surface area contributed by atoms with Crippen LogP contribution in [0.2, 0.25) is 0 Å². The minimum atomic E-state index is 0.900. The molecule has 9 heavy (non-hydrogen) atoms. The Morgan fingerprint density at radius 1 is 1.44 bits per heavy atom. The van der Waals surface area contributed by atoms with E-state index in [4.69, 9.17) is 0 Å². The van der Waals surface area contributed by atoms with E-state index in [1.807, 2.05) is 0 Å². The Morgan fingerprint density at radius 3 is 2.33 bits per heavy atom. The molecule has 0 amide bonds. The summed E-state index contributed by atoms with van der Waals surface area (Å²) in [4.78, 5) is 0. The van der Waals surface area contributed by atoms with Gasteiger partial charge in [0.15, 0.2) is 0 Å². The van der Waals surface area contributed by atoms with Crippen LogP contribution in [0.1, 0.15) is 13.8 Å². The zero-order valence-corrected chi connectivity index (χ0v) is 8.79. The second kappa shape index (κ2) is 5.24. The molecule has 0 fully saturated rings. The first-order valence-corrected chi connectivity index (χ1v) is 4.64. The van der Waals surface area contributed by atoms with Crippen LogP contribution in [-0.4, -0.2) is 5.33 Å². The summed E-state index contributed by atoms with van der Waals surface area (Å²) in [6, 6.07) is 0. The van der Waals surface area contributed by atoms with Gasteiger partial charge in [-0.3, -0.25) is 0 Å². The lowest BCUT2D eigenvalue weighted by Crippen LogP contribution is -1.67. The zero-order valence-electron chi connectivity index (χ0n) is 5.62. The molecule has 0 atom stereocenters. The molecule has 0 N–H and O–H groups in total. The molecule has 0 aliphatic rings. The quantitative estimate of drug-likeness (QED) is 0.521. The van der Waals surface area contributed by atoms with E-state index in [2.05, 4.69) is 57.9 Å². The van der Waals surface area contributed by atoms with Gasteiger partial charge in [0.05, 0.1) is 0 Å². The molecule has 0 aliphatic carbocycles. The second-order valence-electron chi connectivity index (χ2n) is 1.96. The molecule has 0 heterocycles. The summed E-state index contributed by atoms with van der Waals surface area (Å²) < 4.78 is 1.14. The number of hydrogen-bond donors (Lipinski definition) is 0. The number of alkyl halides is 1. The van der Waals surface area contributed by atoms with Crippen molar-refractivity contribution in [1.82, 2.24) is 0 Å². The summed E-state index contributed by atoms with van der Waals surface area (Å²) in [6.45, 7) is 4.15. The van der Waals surface area contributed by atoms with Crippen LogP contribution in [0.5, 0.6) is 0 Å². The molecule has 0 bridgehead atoms. The summed E-state index contributed by atoms with van der Waals surface area (Å²) in [7, 11) is 0. The maximum Gasteiger partial charge on any atom is 0.0225 e. The number of allylic oxidation sites excluding steroid dienone is 4. The molecule has 52 valence electrons. The molecule has 0 saturated heterocycles. The Kier molecular flexibility index (Phi) is 5.50. The lowest BCUT2D eigenvalue weighted by molar-refractivity contribution is 1.39. The zero-order chi connectivity index (χ0) is 7.28. The maximum atomic E-state index is 3.39. The van der Waals surface area contributed by atoms with Gasteiger partial charge in [-0.25, -0.2) is 0 Å². The molecule has 0 saturated carbocycles. The van der Waals surface area contributed by atoms with Crippen molar-refractivity contribution in [1.29, 1.82) is 0 Å². The van der Waals surface area contributed by atoms with Crippen molar-refractivity contribution in [2.24, 2.45) is 0 Å². The summed E-state index contributed by atoms with van der Waals surface area (Å²) in [5.74, 6) is 0. The number of halogens is 2. The van der Waals surface area contributed by atoms with E-state index in [1.165, 1.54) is 5.57 Å². The fraction of sp³-hybridized carbons (Fsp3) is 0.429. The third-order valence-electron chi connectivity index (χ3n) is 0.699. The molecular formula is C7H10Br2. The van der Waals surface area contributed by atoms with Crippen LogP contribution < -0.4 is 0 Å². The first-order chi connectivity index (χ1) is 4.16. The van der Waals surface area contributed by atoms with Gasteiger partial charge >= 0.3 is 0 Å². The van der Waals surface area contributed by atoms with Crippen LogP contribution in [0, 0.1) is 0 Å². The molecule has 0 unspecified atom stereocenters. The largest absolute Gasteiger partial charge is 0.0882 e. The molecule has 0 aromatic heterocycles. The highest BCUT2D eigenvalue weighted by atomic mass is 79.9. The van der Waals surface area contributed by atoms with E-state index in [0.717, 1.165) is 9.81 Å². The smallest absolute Gasteiger partial charge is 0.0225 e. The van der Waals surface area contributed by atoms with Gasteiger partial charge < -0.3 is 0 Å². The Balaban J connectivity index is 3.90. The molecule has 0 aromatic carbocycles. The van der Waals surface area contributed by atoms with Crippen LogP contribution in [-0.2, 0) is 0 Å². The average molecular weight is 254 g/mol. The van der Waals surface area contributed by atoms with Gasteiger partial charge in [0.1, 0.15) is 0 Å². The van der Waals surface area contributed by atoms with Crippen LogP contribution >= 0.6 is 31.9 Å². The highest BCUT2D eigenvalue weighted by molar-refractivity contribution is 9.12. The first-order valence-electron chi connectivity index (χ1n) is 2.73. The Morgan fingerprint density at radius 2 is 2.00 bits per heavy atom. The molecule has 0 nitrogen and oxygen atoms in total.